The molecule has 2 unspecified atom stereocenters. The van der Waals surface area contributed by atoms with Gasteiger partial charge in [0.15, 0.2) is 6.23 Å². The maximum atomic E-state index is 15.4. The van der Waals surface area contributed by atoms with E-state index in [-0.39, 0.29) is 29.5 Å². The third-order valence-electron chi connectivity index (χ3n) is 5.88. The first-order valence-corrected chi connectivity index (χ1v) is 10.6. The van der Waals surface area contributed by atoms with E-state index < -0.39 is 34.8 Å². The van der Waals surface area contributed by atoms with Gasteiger partial charge in [-0.15, -0.1) is 0 Å². The van der Waals surface area contributed by atoms with Gasteiger partial charge in [0.25, 0.3) is 5.12 Å². The van der Waals surface area contributed by atoms with Crippen LogP contribution in [0.4, 0.5) is 9.18 Å². The van der Waals surface area contributed by atoms with Crippen molar-refractivity contribution >= 4 is 39.8 Å². The average molecular weight is 451 g/mol. The van der Waals surface area contributed by atoms with Crippen LogP contribution in [-0.4, -0.2) is 94.4 Å². The van der Waals surface area contributed by atoms with Crippen LogP contribution in [0.1, 0.15) is 13.3 Å². The zero-order valence-electron chi connectivity index (χ0n) is 17.1. The van der Waals surface area contributed by atoms with Gasteiger partial charge in [0.1, 0.15) is 16.5 Å². The number of halogens is 1. The topological polar surface area (TPSA) is 112 Å². The second kappa shape index (κ2) is 8.17. The molecule has 12 heteroatoms. The van der Waals surface area contributed by atoms with Crippen molar-refractivity contribution in [1.82, 2.24) is 20.0 Å². The molecule has 0 bridgehead atoms. The third-order valence-corrected chi connectivity index (χ3v) is 6.74. The van der Waals surface area contributed by atoms with Crippen LogP contribution >= 0.6 is 11.8 Å². The molecule has 0 saturated carbocycles. The second-order valence-electron chi connectivity index (χ2n) is 7.63. The highest BCUT2D eigenvalue weighted by molar-refractivity contribution is 8.29. The number of rotatable bonds is 4. The SMILES string of the molecule is CC(=O)N(C)C1CN(C2(N3CCNCC3)C=CC(C3=NC(=O)C(=O)S3)=C(F)C2)C(=O)O1. The van der Waals surface area contributed by atoms with Crippen molar-refractivity contribution in [3.63, 3.8) is 0 Å². The second-order valence-corrected chi connectivity index (χ2v) is 8.60. The van der Waals surface area contributed by atoms with E-state index in [0.717, 1.165) is 0 Å². The Morgan fingerprint density at radius 3 is 2.65 bits per heavy atom. The summed E-state index contributed by atoms with van der Waals surface area (Å²) in [6, 6.07) is 0. The quantitative estimate of drug-likeness (QED) is 0.605. The van der Waals surface area contributed by atoms with Crippen molar-refractivity contribution in [1.29, 1.82) is 0 Å². The van der Waals surface area contributed by atoms with Crippen molar-refractivity contribution in [2.24, 2.45) is 4.99 Å². The Bertz CT molecular complexity index is 944. The molecule has 0 aromatic carbocycles. The zero-order chi connectivity index (χ0) is 22.3. The van der Waals surface area contributed by atoms with Crippen molar-refractivity contribution in [2.75, 3.05) is 39.8 Å². The third kappa shape index (κ3) is 3.79. The van der Waals surface area contributed by atoms with Gasteiger partial charge in [0.2, 0.25) is 5.91 Å². The van der Waals surface area contributed by atoms with E-state index >= 15 is 4.39 Å². The first-order chi connectivity index (χ1) is 14.7. The van der Waals surface area contributed by atoms with Crippen molar-refractivity contribution in [3.8, 4) is 0 Å². The standard InChI is InChI=1S/C19H22FN5O5S/c1-11(26)23(2)14-10-25(18(29)30-14)19(24-7-5-21-6-8-24)4-3-12(13(20)9-19)16-22-15(27)17(28)31-16/h3-4,14,21H,5-10H2,1-2H3. The summed E-state index contributed by atoms with van der Waals surface area (Å²) in [5, 5.41) is 2.51. The average Bonchev–Trinajstić information content (AvgIpc) is 3.30. The van der Waals surface area contributed by atoms with Crippen LogP contribution in [0.3, 0.4) is 0 Å². The fraction of sp³-hybridized carbons (Fsp3) is 0.526. The number of aliphatic imine (C=N–C) groups is 1. The minimum absolute atomic E-state index is 0.0239. The number of piperazine rings is 1. The largest absolute Gasteiger partial charge is 0.423 e. The molecule has 1 aliphatic carbocycles. The maximum absolute atomic E-state index is 15.4. The number of carbonyl (C=O) groups excluding carboxylic acids is 4. The van der Waals surface area contributed by atoms with Gasteiger partial charge in [-0.3, -0.25) is 24.2 Å². The molecule has 2 fully saturated rings. The summed E-state index contributed by atoms with van der Waals surface area (Å²) in [7, 11) is 1.54. The number of nitrogens with zero attached hydrogens (tertiary/aromatic N) is 4. The van der Waals surface area contributed by atoms with Gasteiger partial charge in [-0.05, 0) is 23.9 Å². The molecule has 2 saturated heterocycles. The van der Waals surface area contributed by atoms with E-state index in [1.54, 1.807) is 13.1 Å². The van der Waals surface area contributed by atoms with Gasteiger partial charge in [-0.25, -0.2) is 9.18 Å². The molecule has 3 amide bonds. The fourth-order valence-electron chi connectivity index (χ4n) is 4.08. The van der Waals surface area contributed by atoms with E-state index in [0.29, 0.717) is 37.9 Å². The fourth-order valence-corrected chi connectivity index (χ4v) is 4.80. The molecule has 3 aliphatic heterocycles. The van der Waals surface area contributed by atoms with Crippen molar-refractivity contribution in [3.05, 3.63) is 23.6 Å². The Hall–Kier alpha value is -2.57. The van der Waals surface area contributed by atoms with Crippen LogP contribution < -0.4 is 5.32 Å². The van der Waals surface area contributed by atoms with Crippen molar-refractivity contribution in [2.45, 2.75) is 25.2 Å². The summed E-state index contributed by atoms with van der Waals surface area (Å²) >= 11 is 0.599. The van der Waals surface area contributed by atoms with Gasteiger partial charge in [0, 0.05) is 52.1 Å². The Morgan fingerprint density at radius 1 is 1.35 bits per heavy atom. The van der Waals surface area contributed by atoms with E-state index in [1.165, 1.54) is 22.8 Å². The molecule has 4 rings (SSSR count). The Kier molecular flexibility index (Phi) is 5.71. The van der Waals surface area contributed by atoms with Crippen LogP contribution in [0, 0.1) is 0 Å². The predicted octanol–water partition coefficient (Wildman–Crippen LogP) is 0.227. The van der Waals surface area contributed by atoms with Crippen LogP contribution in [0.5, 0.6) is 0 Å². The molecule has 2 atom stereocenters. The molecule has 166 valence electrons. The van der Waals surface area contributed by atoms with E-state index in [9.17, 15) is 19.2 Å². The first kappa shape index (κ1) is 21.7. The van der Waals surface area contributed by atoms with Crippen LogP contribution in [0.2, 0.25) is 0 Å². The highest BCUT2D eigenvalue weighted by atomic mass is 32.2. The lowest BCUT2D eigenvalue weighted by Gasteiger charge is -2.49. The highest BCUT2D eigenvalue weighted by Crippen LogP contribution is 2.40. The molecular formula is C19H22FN5O5S. The Morgan fingerprint density at radius 2 is 2.06 bits per heavy atom. The molecule has 4 aliphatic rings. The molecule has 31 heavy (non-hydrogen) atoms. The first-order valence-electron chi connectivity index (χ1n) is 9.83. The molecule has 3 heterocycles. The minimum atomic E-state index is -1.14. The van der Waals surface area contributed by atoms with E-state index in [1.807, 2.05) is 4.90 Å². The van der Waals surface area contributed by atoms with Gasteiger partial charge in [-0.2, -0.15) is 4.99 Å². The summed E-state index contributed by atoms with van der Waals surface area (Å²) in [6.45, 7) is 3.92. The number of carbonyl (C=O) groups is 4. The predicted molar refractivity (Wildman–Crippen MR) is 110 cm³/mol. The van der Waals surface area contributed by atoms with E-state index in [4.69, 9.17) is 4.74 Å². The molecule has 0 radical (unpaired) electrons. The molecule has 0 aromatic rings. The number of hydrogen-bond acceptors (Lipinski definition) is 8. The lowest BCUT2D eigenvalue weighted by Crippen LogP contribution is -2.64. The summed E-state index contributed by atoms with van der Waals surface area (Å²) in [4.78, 5) is 56.0. The highest BCUT2D eigenvalue weighted by Gasteiger charge is 2.51. The maximum Gasteiger partial charge on any atom is 0.413 e. The number of amides is 3. The minimum Gasteiger partial charge on any atom is -0.423 e. The van der Waals surface area contributed by atoms with Crippen LogP contribution in [-0.2, 0) is 19.1 Å². The summed E-state index contributed by atoms with van der Waals surface area (Å²) in [6.07, 6.45) is 1.55. The van der Waals surface area contributed by atoms with E-state index in [2.05, 4.69) is 10.3 Å². The molecule has 1 N–H and O–H groups in total. The van der Waals surface area contributed by atoms with Gasteiger partial charge < -0.3 is 15.0 Å². The smallest absolute Gasteiger partial charge is 0.413 e. The number of ether oxygens (including phenoxy) is 1. The number of likely N-dealkylation sites (N-methyl/N-ethyl adjacent to an activating group) is 1. The molecular weight excluding hydrogens is 429 g/mol. The van der Waals surface area contributed by atoms with Crippen LogP contribution in [0.15, 0.2) is 28.5 Å². The Labute approximate surface area is 182 Å². The normalized spacial score (nSPS) is 29.5. The zero-order valence-corrected chi connectivity index (χ0v) is 17.9. The number of hydrogen-bond donors (Lipinski definition) is 1. The molecule has 0 spiro atoms. The number of nitrogens with one attached hydrogen (secondary N) is 1. The summed E-state index contributed by atoms with van der Waals surface area (Å²) in [5.41, 5.74) is -1.07. The number of cyclic esters (lactones) is 1. The summed E-state index contributed by atoms with van der Waals surface area (Å²) in [5.74, 6) is -1.74. The lowest BCUT2D eigenvalue weighted by atomic mass is 9.91. The monoisotopic (exact) mass is 451 g/mol. The van der Waals surface area contributed by atoms with Crippen LogP contribution in [0.25, 0.3) is 0 Å². The van der Waals surface area contributed by atoms with Gasteiger partial charge in [0.05, 0.1) is 6.54 Å². The van der Waals surface area contributed by atoms with Gasteiger partial charge >= 0.3 is 12.0 Å². The Balaban J connectivity index is 1.67. The van der Waals surface area contributed by atoms with Gasteiger partial charge in [-0.1, -0.05) is 0 Å². The van der Waals surface area contributed by atoms with Crippen molar-refractivity contribution < 1.29 is 28.3 Å². The number of allylic oxidation sites excluding steroid dienone is 1. The molecule has 0 aromatic heterocycles. The molecule has 10 nitrogen and oxygen atoms in total. The number of thioether (sulfide) groups is 1. The summed E-state index contributed by atoms with van der Waals surface area (Å²) < 4.78 is 20.8. The lowest BCUT2D eigenvalue weighted by molar-refractivity contribution is -0.134.